The van der Waals surface area contributed by atoms with Crippen molar-refractivity contribution < 1.29 is 14.7 Å². The van der Waals surface area contributed by atoms with E-state index in [1.54, 1.807) is 12.1 Å². The number of amides is 1. The standard InChI is InChI=1S/C15H20N2O3/c1-11(17-8-2-3-9-17)10-16-14(18)12-4-6-13(7-5-12)15(19)20/h4-7,11H,2-3,8-10H2,1H3,(H,16,18)(H,19,20). The second kappa shape index (κ2) is 6.52. The van der Waals surface area contributed by atoms with Crippen LogP contribution in [0.15, 0.2) is 24.3 Å². The Morgan fingerprint density at radius 3 is 2.30 bits per heavy atom. The molecule has 1 aromatic rings. The van der Waals surface area contributed by atoms with Crippen LogP contribution in [-0.2, 0) is 0 Å². The number of carbonyl (C=O) groups excluding carboxylic acids is 1. The Balaban J connectivity index is 1.86. The van der Waals surface area contributed by atoms with Crippen molar-refractivity contribution in [3.8, 4) is 0 Å². The number of aromatic carboxylic acids is 1. The molecule has 1 heterocycles. The van der Waals surface area contributed by atoms with Gasteiger partial charge >= 0.3 is 5.97 Å². The van der Waals surface area contributed by atoms with Crippen LogP contribution >= 0.6 is 0 Å². The predicted molar refractivity (Wildman–Crippen MR) is 76.0 cm³/mol. The van der Waals surface area contributed by atoms with E-state index in [1.807, 2.05) is 0 Å². The van der Waals surface area contributed by atoms with Gasteiger partial charge in [-0.15, -0.1) is 0 Å². The summed E-state index contributed by atoms with van der Waals surface area (Å²) in [5.74, 6) is -1.15. The molecule has 1 saturated heterocycles. The quantitative estimate of drug-likeness (QED) is 0.857. The van der Waals surface area contributed by atoms with Gasteiger partial charge in [-0.05, 0) is 57.1 Å². The molecule has 1 unspecified atom stereocenters. The Labute approximate surface area is 118 Å². The number of carbonyl (C=O) groups is 2. The molecule has 0 bridgehead atoms. The molecule has 1 atom stereocenters. The van der Waals surface area contributed by atoms with Gasteiger partial charge in [-0.2, -0.15) is 0 Å². The van der Waals surface area contributed by atoms with Gasteiger partial charge in [0, 0.05) is 18.2 Å². The van der Waals surface area contributed by atoms with E-state index in [0.29, 0.717) is 18.2 Å². The molecular weight excluding hydrogens is 256 g/mol. The highest BCUT2D eigenvalue weighted by Gasteiger charge is 2.18. The number of nitrogens with one attached hydrogen (secondary N) is 1. The van der Waals surface area contributed by atoms with Gasteiger partial charge in [0.15, 0.2) is 0 Å². The van der Waals surface area contributed by atoms with Crippen molar-refractivity contribution in [2.24, 2.45) is 0 Å². The van der Waals surface area contributed by atoms with E-state index in [9.17, 15) is 9.59 Å². The number of rotatable bonds is 5. The summed E-state index contributed by atoms with van der Waals surface area (Å²) >= 11 is 0. The monoisotopic (exact) mass is 276 g/mol. The van der Waals surface area contributed by atoms with Crippen LogP contribution in [0.2, 0.25) is 0 Å². The van der Waals surface area contributed by atoms with Crippen LogP contribution in [0.25, 0.3) is 0 Å². The number of hydrogen-bond acceptors (Lipinski definition) is 3. The maximum absolute atomic E-state index is 12.0. The molecule has 5 nitrogen and oxygen atoms in total. The Kier molecular flexibility index (Phi) is 4.74. The van der Waals surface area contributed by atoms with E-state index < -0.39 is 5.97 Å². The molecule has 0 spiro atoms. The van der Waals surface area contributed by atoms with Gasteiger partial charge < -0.3 is 10.4 Å². The molecule has 1 aliphatic heterocycles. The number of nitrogens with zero attached hydrogens (tertiary/aromatic N) is 1. The average molecular weight is 276 g/mol. The van der Waals surface area contributed by atoms with Crippen molar-refractivity contribution in [1.82, 2.24) is 10.2 Å². The first kappa shape index (κ1) is 14.5. The molecule has 1 aromatic carbocycles. The first-order chi connectivity index (χ1) is 9.58. The zero-order valence-electron chi connectivity index (χ0n) is 11.6. The predicted octanol–water partition coefficient (Wildman–Crippen LogP) is 1.60. The third kappa shape index (κ3) is 3.57. The van der Waals surface area contributed by atoms with Crippen molar-refractivity contribution in [3.05, 3.63) is 35.4 Å². The summed E-state index contributed by atoms with van der Waals surface area (Å²) < 4.78 is 0. The van der Waals surface area contributed by atoms with Gasteiger partial charge in [-0.3, -0.25) is 9.69 Å². The molecule has 1 fully saturated rings. The van der Waals surface area contributed by atoms with Gasteiger partial charge in [0.2, 0.25) is 0 Å². The Morgan fingerprint density at radius 1 is 1.20 bits per heavy atom. The van der Waals surface area contributed by atoms with Crippen LogP contribution in [0.5, 0.6) is 0 Å². The topological polar surface area (TPSA) is 69.6 Å². The van der Waals surface area contributed by atoms with Crippen molar-refractivity contribution in [2.75, 3.05) is 19.6 Å². The molecule has 2 rings (SSSR count). The summed E-state index contributed by atoms with van der Waals surface area (Å²) in [6.07, 6.45) is 2.46. The third-order valence-electron chi connectivity index (χ3n) is 3.72. The molecule has 2 N–H and O–H groups in total. The molecule has 0 saturated carbocycles. The lowest BCUT2D eigenvalue weighted by Crippen LogP contribution is -2.40. The number of hydrogen-bond donors (Lipinski definition) is 2. The lowest BCUT2D eigenvalue weighted by atomic mass is 10.1. The summed E-state index contributed by atoms with van der Waals surface area (Å²) in [6, 6.07) is 6.31. The van der Waals surface area contributed by atoms with Crippen LogP contribution in [0.4, 0.5) is 0 Å². The maximum Gasteiger partial charge on any atom is 0.335 e. The highest BCUT2D eigenvalue weighted by Crippen LogP contribution is 2.11. The van der Waals surface area contributed by atoms with Gasteiger partial charge in [0.1, 0.15) is 0 Å². The van der Waals surface area contributed by atoms with Crippen LogP contribution in [0, 0.1) is 0 Å². The molecular formula is C15H20N2O3. The minimum Gasteiger partial charge on any atom is -0.478 e. The third-order valence-corrected chi connectivity index (χ3v) is 3.72. The second-order valence-electron chi connectivity index (χ2n) is 5.18. The van der Waals surface area contributed by atoms with Gasteiger partial charge in [0.25, 0.3) is 5.91 Å². The SMILES string of the molecule is CC(CNC(=O)c1ccc(C(=O)O)cc1)N1CCCC1. The zero-order chi connectivity index (χ0) is 14.5. The molecule has 0 aromatic heterocycles. The number of carboxylic acids is 1. The Hall–Kier alpha value is -1.88. The normalized spacial score (nSPS) is 16.9. The van der Waals surface area contributed by atoms with Crippen molar-refractivity contribution in [2.45, 2.75) is 25.8 Å². The Bertz CT molecular complexity index is 478. The van der Waals surface area contributed by atoms with E-state index >= 15 is 0 Å². The summed E-state index contributed by atoms with van der Waals surface area (Å²) in [7, 11) is 0. The lowest BCUT2D eigenvalue weighted by Gasteiger charge is -2.23. The Morgan fingerprint density at radius 2 is 1.75 bits per heavy atom. The van der Waals surface area contributed by atoms with Crippen LogP contribution in [-0.4, -0.2) is 47.6 Å². The molecule has 20 heavy (non-hydrogen) atoms. The second-order valence-corrected chi connectivity index (χ2v) is 5.18. The largest absolute Gasteiger partial charge is 0.478 e. The minimum absolute atomic E-state index is 0.159. The van der Waals surface area contributed by atoms with Crippen LogP contribution < -0.4 is 5.32 Å². The fraction of sp³-hybridized carbons (Fsp3) is 0.467. The van der Waals surface area contributed by atoms with Crippen molar-refractivity contribution >= 4 is 11.9 Å². The first-order valence-electron chi connectivity index (χ1n) is 6.93. The number of likely N-dealkylation sites (tertiary alicyclic amines) is 1. The van der Waals surface area contributed by atoms with E-state index in [2.05, 4.69) is 17.1 Å². The van der Waals surface area contributed by atoms with E-state index in [-0.39, 0.29) is 11.5 Å². The highest BCUT2D eigenvalue weighted by molar-refractivity contribution is 5.95. The first-order valence-corrected chi connectivity index (χ1v) is 6.93. The number of carboxylic acid groups (broad SMARTS) is 1. The highest BCUT2D eigenvalue weighted by atomic mass is 16.4. The van der Waals surface area contributed by atoms with E-state index in [4.69, 9.17) is 5.11 Å². The van der Waals surface area contributed by atoms with E-state index in [0.717, 1.165) is 13.1 Å². The molecule has 5 heteroatoms. The maximum atomic E-state index is 12.0. The molecule has 1 amide bonds. The summed E-state index contributed by atoms with van der Waals surface area (Å²) in [6.45, 7) is 4.92. The van der Waals surface area contributed by atoms with Gasteiger partial charge in [0.05, 0.1) is 5.56 Å². The van der Waals surface area contributed by atoms with Crippen molar-refractivity contribution in [1.29, 1.82) is 0 Å². The molecule has 0 radical (unpaired) electrons. The number of benzene rings is 1. The lowest BCUT2D eigenvalue weighted by molar-refractivity contribution is 0.0696. The summed E-state index contributed by atoms with van der Waals surface area (Å²) in [5, 5.41) is 11.7. The fourth-order valence-corrected chi connectivity index (χ4v) is 2.42. The van der Waals surface area contributed by atoms with Crippen LogP contribution in [0.3, 0.4) is 0 Å². The van der Waals surface area contributed by atoms with Crippen LogP contribution in [0.1, 0.15) is 40.5 Å². The fourth-order valence-electron chi connectivity index (χ4n) is 2.42. The smallest absolute Gasteiger partial charge is 0.335 e. The average Bonchev–Trinajstić information content (AvgIpc) is 2.98. The van der Waals surface area contributed by atoms with E-state index in [1.165, 1.54) is 25.0 Å². The zero-order valence-corrected chi connectivity index (χ0v) is 11.6. The molecule has 0 aliphatic carbocycles. The van der Waals surface area contributed by atoms with Gasteiger partial charge in [-0.1, -0.05) is 0 Å². The summed E-state index contributed by atoms with van der Waals surface area (Å²) in [4.78, 5) is 25.1. The molecule has 1 aliphatic rings. The minimum atomic E-state index is -0.986. The summed E-state index contributed by atoms with van der Waals surface area (Å²) in [5.41, 5.74) is 0.676. The molecule has 108 valence electrons. The van der Waals surface area contributed by atoms with Gasteiger partial charge in [-0.25, -0.2) is 4.79 Å². The van der Waals surface area contributed by atoms with Crippen molar-refractivity contribution in [3.63, 3.8) is 0 Å².